The maximum Gasteiger partial charge on any atom is 0.336 e. The second kappa shape index (κ2) is 6.99. The zero-order valence-electron chi connectivity index (χ0n) is 15.4. The van der Waals surface area contributed by atoms with Crippen molar-refractivity contribution in [1.29, 1.82) is 0 Å². The Morgan fingerprint density at radius 3 is 2.64 bits per heavy atom. The molecule has 2 aromatic rings. The molecular formula is C21H18FNO5. The Morgan fingerprint density at radius 2 is 1.93 bits per heavy atom. The van der Waals surface area contributed by atoms with Crippen LogP contribution >= 0.6 is 0 Å². The highest BCUT2D eigenvalue weighted by molar-refractivity contribution is 6.06. The van der Waals surface area contributed by atoms with Crippen molar-refractivity contribution in [3.63, 3.8) is 0 Å². The number of anilines is 1. The Bertz CT molecular complexity index is 1000. The van der Waals surface area contributed by atoms with Crippen molar-refractivity contribution in [3.8, 4) is 11.5 Å². The standard InChI is InChI=1S/C21H18FNO5/c1-26-14-6-7-15(18(9-14)27-2)16-10-19(24)23(13-5-3-4-12(22)8-13)17-11-28-21(25)20(16)17/h3-9,16H,10-11H2,1-2H3/t16-/m0/s1. The number of ether oxygens (including phenoxy) is 3. The first kappa shape index (κ1) is 18.0. The van der Waals surface area contributed by atoms with Crippen LogP contribution in [0.25, 0.3) is 0 Å². The van der Waals surface area contributed by atoms with Gasteiger partial charge in [0.05, 0.1) is 31.2 Å². The molecule has 2 heterocycles. The molecule has 28 heavy (non-hydrogen) atoms. The van der Waals surface area contributed by atoms with Crippen LogP contribution in [0.15, 0.2) is 53.7 Å². The lowest BCUT2D eigenvalue weighted by molar-refractivity contribution is -0.136. The van der Waals surface area contributed by atoms with Crippen LogP contribution < -0.4 is 14.4 Å². The molecule has 7 heteroatoms. The quantitative estimate of drug-likeness (QED) is 0.759. The van der Waals surface area contributed by atoms with Gasteiger partial charge in [-0.15, -0.1) is 0 Å². The van der Waals surface area contributed by atoms with E-state index >= 15 is 0 Å². The van der Waals surface area contributed by atoms with Crippen LogP contribution in [0.5, 0.6) is 11.5 Å². The minimum atomic E-state index is -0.511. The lowest BCUT2D eigenvalue weighted by Crippen LogP contribution is -2.37. The minimum Gasteiger partial charge on any atom is -0.497 e. The zero-order chi connectivity index (χ0) is 19.8. The van der Waals surface area contributed by atoms with E-state index in [1.54, 1.807) is 31.4 Å². The third kappa shape index (κ3) is 2.89. The van der Waals surface area contributed by atoms with Crippen LogP contribution in [0.2, 0.25) is 0 Å². The summed E-state index contributed by atoms with van der Waals surface area (Å²) in [6.45, 7) is -0.0363. The number of cyclic esters (lactones) is 1. The second-order valence-electron chi connectivity index (χ2n) is 6.51. The number of amides is 1. The fraction of sp³-hybridized carbons (Fsp3) is 0.238. The third-order valence-electron chi connectivity index (χ3n) is 5.00. The smallest absolute Gasteiger partial charge is 0.336 e. The molecule has 144 valence electrons. The van der Waals surface area contributed by atoms with Gasteiger partial charge in [-0.1, -0.05) is 12.1 Å². The first-order valence-corrected chi connectivity index (χ1v) is 8.74. The number of esters is 1. The van der Waals surface area contributed by atoms with Gasteiger partial charge in [0.2, 0.25) is 5.91 Å². The normalized spacial score (nSPS) is 18.8. The lowest BCUT2D eigenvalue weighted by Gasteiger charge is -2.32. The van der Waals surface area contributed by atoms with Gasteiger partial charge in [-0.05, 0) is 24.3 Å². The van der Waals surface area contributed by atoms with Crippen LogP contribution in [-0.2, 0) is 14.3 Å². The first-order chi connectivity index (χ1) is 13.5. The summed E-state index contributed by atoms with van der Waals surface area (Å²) in [5.41, 5.74) is 1.90. The summed E-state index contributed by atoms with van der Waals surface area (Å²) < 4.78 is 29.6. The van der Waals surface area contributed by atoms with Crippen molar-refractivity contribution in [3.05, 3.63) is 65.1 Å². The monoisotopic (exact) mass is 383 g/mol. The van der Waals surface area contributed by atoms with E-state index in [4.69, 9.17) is 14.2 Å². The molecule has 4 rings (SSSR count). The SMILES string of the molecule is COc1ccc([C@@H]2CC(=O)N(c3cccc(F)c3)C3=C2C(=O)OC3)c(OC)c1. The van der Waals surface area contributed by atoms with Gasteiger partial charge in [0.1, 0.15) is 23.9 Å². The van der Waals surface area contributed by atoms with Crippen molar-refractivity contribution >= 4 is 17.6 Å². The fourth-order valence-corrected chi connectivity index (χ4v) is 3.74. The molecule has 2 aromatic carbocycles. The molecule has 0 saturated carbocycles. The third-order valence-corrected chi connectivity index (χ3v) is 5.00. The number of benzene rings is 2. The summed E-state index contributed by atoms with van der Waals surface area (Å²) in [6, 6.07) is 11.0. The van der Waals surface area contributed by atoms with Gasteiger partial charge in [-0.25, -0.2) is 9.18 Å². The summed E-state index contributed by atoms with van der Waals surface area (Å²) in [5, 5.41) is 0. The van der Waals surface area contributed by atoms with Crippen molar-refractivity contribution in [2.75, 3.05) is 25.7 Å². The van der Waals surface area contributed by atoms with Gasteiger partial charge in [-0.3, -0.25) is 9.69 Å². The topological polar surface area (TPSA) is 65.1 Å². The average molecular weight is 383 g/mol. The Hall–Kier alpha value is -3.35. The van der Waals surface area contributed by atoms with Crippen LogP contribution in [0.1, 0.15) is 17.9 Å². The molecule has 1 atom stereocenters. The van der Waals surface area contributed by atoms with E-state index in [9.17, 15) is 14.0 Å². The van der Waals surface area contributed by atoms with Gasteiger partial charge < -0.3 is 14.2 Å². The summed E-state index contributed by atoms with van der Waals surface area (Å²) in [6.07, 6.45) is 0.0349. The van der Waals surface area contributed by atoms with E-state index in [1.165, 1.54) is 30.2 Å². The highest BCUT2D eigenvalue weighted by Gasteiger charge is 2.43. The molecule has 1 amide bonds. The highest BCUT2D eigenvalue weighted by atomic mass is 19.1. The van der Waals surface area contributed by atoms with Crippen molar-refractivity contribution in [2.45, 2.75) is 12.3 Å². The number of methoxy groups -OCH3 is 2. The van der Waals surface area contributed by atoms with E-state index in [1.807, 2.05) is 0 Å². The summed E-state index contributed by atoms with van der Waals surface area (Å²) in [5.74, 6) is -0.577. The molecule has 2 aliphatic rings. The number of hydrogen-bond donors (Lipinski definition) is 0. The molecule has 6 nitrogen and oxygen atoms in total. The Morgan fingerprint density at radius 1 is 1.11 bits per heavy atom. The number of halogens is 1. The second-order valence-corrected chi connectivity index (χ2v) is 6.51. The van der Waals surface area contributed by atoms with E-state index in [0.717, 1.165) is 0 Å². The summed E-state index contributed by atoms with van der Waals surface area (Å²) >= 11 is 0. The first-order valence-electron chi connectivity index (χ1n) is 8.74. The predicted molar refractivity (Wildman–Crippen MR) is 98.8 cm³/mol. The number of nitrogens with zero attached hydrogens (tertiary/aromatic N) is 1. The molecule has 0 N–H and O–H groups in total. The van der Waals surface area contributed by atoms with E-state index in [0.29, 0.717) is 34.0 Å². The predicted octanol–water partition coefficient (Wildman–Crippen LogP) is 3.17. The number of hydrogen-bond acceptors (Lipinski definition) is 5. The van der Waals surface area contributed by atoms with E-state index in [2.05, 4.69) is 0 Å². The molecule has 0 radical (unpaired) electrons. The number of carbonyl (C=O) groups is 2. The zero-order valence-corrected chi connectivity index (χ0v) is 15.4. The minimum absolute atomic E-state index is 0.0349. The van der Waals surface area contributed by atoms with Gasteiger partial charge in [-0.2, -0.15) is 0 Å². The maximum absolute atomic E-state index is 13.7. The van der Waals surface area contributed by atoms with Crippen molar-refractivity contribution < 1.29 is 28.2 Å². The number of rotatable bonds is 4. The van der Waals surface area contributed by atoms with Gasteiger partial charge >= 0.3 is 5.97 Å². The van der Waals surface area contributed by atoms with Crippen LogP contribution in [0.3, 0.4) is 0 Å². The molecule has 0 bridgehead atoms. The van der Waals surface area contributed by atoms with Crippen LogP contribution in [-0.4, -0.2) is 32.7 Å². The summed E-state index contributed by atoms with van der Waals surface area (Å²) in [7, 11) is 3.06. The fourth-order valence-electron chi connectivity index (χ4n) is 3.74. The van der Waals surface area contributed by atoms with Gasteiger partial charge in [0.25, 0.3) is 0 Å². The highest BCUT2D eigenvalue weighted by Crippen LogP contribution is 2.45. The molecule has 0 spiro atoms. The van der Waals surface area contributed by atoms with Gasteiger partial charge in [0.15, 0.2) is 0 Å². The Balaban J connectivity index is 1.84. The summed E-state index contributed by atoms with van der Waals surface area (Å²) in [4.78, 5) is 26.9. The molecule has 0 aromatic heterocycles. The molecular weight excluding hydrogens is 365 g/mol. The molecule has 0 saturated heterocycles. The van der Waals surface area contributed by atoms with Crippen molar-refractivity contribution in [1.82, 2.24) is 0 Å². The molecule has 0 unspecified atom stereocenters. The van der Waals surface area contributed by atoms with Crippen LogP contribution in [0, 0.1) is 5.82 Å². The molecule has 2 aliphatic heterocycles. The number of carbonyl (C=O) groups excluding carboxylic acids is 2. The molecule has 0 aliphatic carbocycles. The maximum atomic E-state index is 13.7. The van der Waals surface area contributed by atoms with Gasteiger partial charge in [0, 0.05) is 24.0 Å². The molecule has 0 fully saturated rings. The van der Waals surface area contributed by atoms with Crippen molar-refractivity contribution in [2.24, 2.45) is 0 Å². The Kier molecular flexibility index (Phi) is 4.50. The lowest BCUT2D eigenvalue weighted by atomic mass is 9.83. The van der Waals surface area contributed by atoms with E-state index in [-0.39, 0.29) is 18.9 Å². The average Bonchev–Trinajstić information content (AvgIpc) is 3.08. The largest absolute Gasteiger partial charge is 0.497 e. The van der Waals surface area contributed by atoms with E-state index < -0.39 is 17.7 Å². The Labute approximate surface area is 161 Å². The van der Waals surface area contributed by atoms with Crippen LogP contribution in [0.4, 0.5) is 10.1 Å².